The molecule has 0 saturated carbocycles. The van der Waals surface area contributed by atoms with E-state index >= 15 is 0 Å². The van der Waals surface area contributed by atoms with Crippen LogP contribution in [0.15, 0.2) is 22.7 Å². The second kappa shape index (κ2) is 5.64. The highest BCUT2D eigenvalue weighted by molar-refractivity contribution is 9.10. The summed E-state index contributed by atoms with van der Waals surface area (Å²) >= 11 is 3.78. The molecule has 0 aliphatic rings. The SMILES string of the molecule is Cc1nc(Nc2ccc(Br)cc2C(F)(F)F)sc1C(=O)O. The number of anilines is 2. The Morgan fingerprint density at radius 3 is 2.62 bits per heavy atom. The number of hydrogen-bond acceptors (Lipinski definition) is 4. The Kier molecular flexibility index (Phi) is 4.24. The predicted molar refractivity (Wildman–Crippen MR) is 76.2 cm³/mol. The number of carboxylic acid groups (broad SMARTS) is 1. The molecule has 0 aliphatic heterocycles. The highest BCUT2D eigenvalue weighted by atomic mass is 79.9. The topological polar surface area (TPSA) is 62.2 Å². The minimum absolute atomic E-state index is 0.0110. The van der Waals surface area contributed by atoms with E-state index in [1.807, 2.05) is 0 Å². The molecule has 0 saturated heterocycles. The van der Waals surface area contributed by atoms with Crippen molar-refractivity contribution in [1.82, 2.24) is 4.98 Å². The third-order valence-corrected chi connectivity index (χ3v) is 4.07. The van der Waals surface area contributed by atoms with E-state index in [0.29, 0.717) is 4.47 Å². The smallest absolute Gasteiger partial charge is 0.418 e. The summed E-state index contributed by atoms with van der Waals surface area (Å²) < 4.78 is 39.2. The Hall–Kier alpha value is -1.61. The molecular formula is C12H8BrF3N2O2S. The van der Waals surface area contributed by atoms with Gasteiger partial charge >= 0.3 is 12.1 Å². The number of nitrogens with zero attached hydrogens (tertiary/aromatic N) is 1. The number of alkyl halides is 3. The molecule has 0 bridgehead atoms. The number of thiazole rings is 1. The molecular weight excluding hydrogens is 373 g/mol. The zero-order valence-corrected chi connectivity index (χ0v) is 12.9. The summed E-state index contributed by atoms with van der Waals surface area (Å²) in [4.78, 5) is 14.8. The third-order valence-electron chi connectivity index (χ3n) is 2.52. The van der Waals surface area contributed by atoms with E-state index in [9.17, 15) is 18.0 Å². The monoisotopic (exact) mass is 380 g/mol. The molecule has 0 unspecified atom stereocenters. The van der Waals surface area contributed by atoms with Crippen molar-refractivity contribution in [2.75, 3.05) is 5.32 Å². The minimum atomic E-state index is -4.53. The van der Waals surface area contributed by atoms with Crippen molar-refractivity contribution in [3.63, 3.8) is 0 Å². The molecule has 4 nitrogen and oxygen atoms in total. The van der Waals surface area contributed by atoms with Gasteiger partial charge < -0.3 is 10.4 Å². The number of aromatic carboxylic acids is 1. The Morgan fingerprint density at radius 1 is 1.43 bits per heavy atom. The van der Waals surface area contributed by atoms with Crippen LogP contribution in [0.4, 0.5) is 24.0 Å². The molecule has 1 aromatic carbocycles. The normalized spacial score (nSPS) is 11.5. The van der Waals surface area contributed by atoms with Crippen LogP contribution in [0, 0.1) is 6.92 Å². The maximum atomic E-state index is 13.0. The molecule has 2 N–H and O–H groups in total. The van der Waals surface area contributed by atoms with Gasteiger partial charge in [-0.3, -0.25) is 0 Å². The van der Waals surface area contributed by atoms with Gasteiger partial charge in [0.25, 0.3) is 0 Å². The Bertz CT molecular complexity index is 700. The first-order valence-corrected chi connectivity index (χ1v) is 7.14. The van der Waals surface area contributed by atoms with E-state index in [-0.39, 0.29) is 21.4 Å². The van der Waals surface area contributed by atoms with Crippen LogP contribution in [0.2, 0.25) is 0 Å². The average Bonchev–Trinajstić information content (AvgIpc) is 2.71. The van der Waals surface area contributed by atoms with E-state index in [4.69, 9.17) is 5.11 Å². The molecule has 21 heavy (non-hydrogen) atoms. The lowest BCUT2D eigenvalue weighted by atomic mass is 10.1. The standard InChI is InChI=1S/C12H8BrF3N2O2S/c1-5-9(10(19)20)21-11(17-5)18-8-3-2-6(13)4-7(8)12(14,15)16/h2-4H,1H3,(H,17,18)(H,19,20). The summed E-state index contributed by atoms with van der Waals surface area (Å²) in [6.07, 6.45) is -4.53. The molecule has 9 heteroatoms. The quantitative estimate of drug-likeness (QED) is 0.811. The second-order valence-electron chi connectivity index (χ2n) is 4.05. The van der Waals surface area contributed by atoms with E-state index in [1.165, 1.54) is 19.1 Å². The molecule has 0 atom stereocenters. The first-order valence-electron chi connectivity index (χ1n) is 5.53. The molecule has 112 valence electrons. The molecule has 0 amide bonds. The number of rotatable bonds is 3. The fourth-order valence-electron chi connectivity index (χ4n) is 1.62. The van der Waals surface area contributed by atoms with E-state index < -0.39 is 17.7 Å². The summed E-state index contributed by atoms with van der Waals surface area (Å²) in [6, 6.07) is 3.65. The number of aryl methyl sites for hydroxylation is 1. The van der Waals surface area contributed by atoms with Crippen molar-refractivity contribution in [1.29, 1.82) is 0 Å². The van der Waals surface area contributed by atoms with Crippen LogP contribution in [0.5, 0.6) is 0 Å². The zero-order valence-electron chi connectivity index (χ0n) is 10.5. The number of hydrogen-bond donors (Lipinski definition) is 2. The van der Waals surface area contributed by atoms with Gasteiger partial charge in [-0.25, -0.2) is 9.78 Å². The van der Waals surface area contributed by atoms with Crippen molar-refractivity contribution < 1.29 is 23.1 Å². The van der Waals surface area contributed by atoms with Crippen LogP contribution in [-0.4, -0.2) is 16.1 Å². The zero-order chi connectivity index (χ0) is 15.8. The largest absolute Gasteiger partial charge is 0.477 e. The van der Waals surface area contributed by atoms with Crippen molar-refractivity contribution in [3.8, 4) is 0 Å². The van der Waals surface area contributed by atoms with E-state index in [1.54, 1.807) is 0 Å². The van der Waals surface area contributed by atoms with Gasteiger partial charge in [-0.2, -0.15) is 13.2 Å². The lowest BCUT2D eigenvalue weighted by Gasteiger charge is -2.13. The van der Waals surface area contributed by atoms with E-state index in [0.717, 1.165) is 17.4 Å². The van der Waals surface area contributed by atoms with Gasteiger partial charge in [0, 0.05) is 4.47 Å². The highest BCUT2D eigenvalue weighted by Crippen LogP contribution is 2.38. The Morgan fingerprint density at radius 2 is 2.10 bits per heavy atom. The number of carboxylic acids is 1. The number of nitrogens with one attached hydrogen (secondary N) is 1. The molecule has 0 fully saturated rings. The molecule has 1 heterocycles. The summed E-state index contributed by atoms with van der Waals surface area (Å²) in [5, 5.41) is 11.5. The molecule has 2 aromatic rings. The fraction of sp³-hybridized carbons (Fsp3) is 0.167. The van der Waals surface area contributed by atoms with Crippen molar-refractivity contribution in [2.24, 2.45) is 0 Å². The maximum Gasteiger partial charge on any atom is 0.418 e. The summed E-state index contributed by atoms with van der Waals surface area (Å²) in [7, 11) is 0. The molecule has 1 aromatic heterocycles. The number of aromatic nitrogens is 1. The number of halogens is 4. The van der Waals surface area contributed by atoms with Crippen LogP contribution < -0.4 is 5.32 Å². The molecule has 2 rings (SSSR count). The van der Waals surface area contributed by atoms with Crippen LogP contribution >= 0.6 is 27.3 Å². The number of carbonyl (C=O) groups is 1. The first kappa shape index (κ1) is 15.8. The number of benzene rings is 1. The molecule has 0 aliphatic carbocycles. The Balaban J connectivity index is 2.40. The lowest BCUT2D eigenvalue weighted by molar-refractivity contribution is -0.137. The average molecular weight is 381 g/mol. The van der Waals surface area contributed by atoms with Gasteiger partial charge in [0.1, 0.15) is 4.88 Å². The van der Waals surface area contributed by atoms with Crippen LogP contribution in [0.25, 0.3) is 0 Å². The fourth-order valence-corrected chi connectivity index (χ4v) is 2.80. The second-order valence-corrected chi connectivity index (χ2v) is 5.97. The first-order chi connectivity index (χ1) is 9.68. The molecule has 0 spiro atoms. The van der Waals surface area contributed by atoms with Crippen molar-refractivity contribution in [2.45, 2.75) is 13.1 Å². The lowest BCUT2D eigenvalue weighted by Crippen LogP contribution is -2.08. The van der Waals surface area contributed by atoms with Gasteiger partial charge in [0.05, 0.1) is 16.9 Å². The predicted octanol–water partition coefficient (Wildman–Crippen LogP) is 4.67. The van der Waals surface area contributed by atoms with Gasteiger partial charge in [-0.15, -0.1) is 0 Å². The van der Waals surface area contributed by atoms with E-state index in [2.05, 4.69) is 26.2 Å². The summed E-state index contributed by atoms with van der Waals surface area (Å²) in [6.45, 7) is 1.48. The highest BCUT2D eigenvalue weighted by Gasteiger charge is 2.34. The van der Waals surface area contributed by atoms with Gasteiger partial charge in [-0.1, -0.05) is 27.3 Å². The summed E-state index contributed by atoms with van der Waals surface area (Å²) in [5.41, 5.74) is -0.793. The minimum Gasteiger partial charge on any atom is -0.477 e. The van der Waals surface area contributed by atoms with Crippen molar-refractivity contribution in [3.05, 3.63) is 38.8 Å². The maximum absolute atomic E-state index is 13.0. The third kappa shape index (κ3) is 3.53. The van der Waals surface area contributed by atoms with Crippen molar-refractivity contribution >= 4 is 44.1 Å². The van der Waals surface area contributed by atoms with Gasteiger partial charge in [0.2, 0.25) is 0 Å². The summed E-state index contributed by atoms with van der Waals surface area (Å²) in [5.74, 6) is -1.16. The molecule has 0 radical (unpaired) electrons. The Labute approximate surface area is 129 Å². The van der Waals surface area contributed by atoms with Gasteiger partial charge in [-0.05, 0) is 25.1 Å². The van der Waals surface area contributed by atoms with Crippen LogP contribution in [0.1, 0.15) is 20.9 Å². The van der Waals surface area contributed by atoms with Crippen LogP contribution in [0.3, 0.4) is 0 Å². The van der Waals surface area contributed by atoms with Crippen LogP contribution in [-0.2, 0) is 6.18 Å². The van der Waals surface area contributed by atoms with Gasteiger partial charge in [0.15, 0.2) is 5.13 Å².